The van der Waals surface area contributed by atoms with Crippen LogP contribution in [0.15, 0.2) is 58.5 Å². The van der Waals surface area contributed by atoms with Crippen molar-refractivity contribution in [2.24, 2.45) is 34.3 Å². The van der Waals surface area contributed by atoms with Gasteiger partial charge in [0.05, 0.1) is 68.8 Å². The molecule has 3 heterocycles. The molecule has 13 nitrogen and oxygen atoms in total. The van der Waals surface area contributed by atoms with Gasteiger partial charge in [0.1, 0.15) is 11.2 Å². The average Bonchev–Trinajstić information content (AvgIpc) is 3.69. The van der Waals surface area contributed by atoms with Gasteiger partial charge in [-0.25, -0.2) is 9.59 Å². The first-order valence-corrected chi connectivity index (χ1v) is 20.7. The maximum atomic E-state index is 13.0. The summed E-state index contributed by atoms with van der Waals surface area (Å²) in [7, 11) is 2.74. The van der Waals surface area contributed by atoms with Gasteiger partial charge in [-0.15, -0.1) is 0 Å². The number of esters is 4. The predicted octanol–water partition coefficient (Wildman–Crippen LogP) is 5.39. The summed E-state index contributed by atoms with van der Waals surface area (Å²) in [5.41, 5.74) is 7.53. The number of dihydropyridines is 1. The zero-order valence-corrected chi connectivity index (χ0v) is 35.0. The van der Waals surface area contributed by atoms with E-state index in [-0.39, 0.29) is 71.2 Å². The minimum absolute atomic E-state index is 0.0303. The number of halogens is 1. The second kappa shape index (κ2) is 15.9. The molecule has 0 radical (unpaired) electrons. The summed E-state index contributed by atoms with van der Waals surface area (Å²) in [6.45, 7) is 8.93. The van der Waals surface area contributed by atoms with Crippen molar-refractivity contribution in [1.29, 1.82) is 0 Å². The maximum absolute atomic E-state index is 13.0. The Bertz CT molecular complexity index is 1990. The van der Waals surface area contributed by atoms with Crippen LogP contribution < -0.4 is 11.1 Å². The summed E-state index contributed by atoms with van der Waals surface area (Å²) in [6, 6.07) is 7.05. The molecule has 0 aromatic heterocycles. The molecule has 0 amide bonds. The molecule has 2 spiro atoms. The Morgan fingerprint density at radius 1 is 1.02 bits per heavy atom. The van der Waals surface area contributed by atoms with Crippen LogP contribution >= 0.6 is 11.6 Å². The largest absolute Gasteiger partial charge is 0.469 e. The van der Waals surface area contributed by atoms with E-state index in [9.17, 15) is 24.0 Å². The van der Waals surface area contributed by atoms with Gasteiger partial charge in [-0.05, 0) is 76.0 Å². The number of carbonyl (C=O) groups excluding carboxylic acids is 5. The normalized spacial score (nSPS) is 35.6. The van der Waals surface area contributed by atoms with E-state index >= 15 is 0 Å². The van der Waals surface area contributed by atoms with Crippen molar-refractivity contribution in [3.8, 4) is 0 Å². The zero-order chi connectivity index (χ0) is 41.8. The number of methoxy groups -OCH3 is 2. The van der Waals surface area contributed by atoms with Gasteiger partial charge in [-0.2, -0.15) is 0 Å². The Hall–Kier alpha value is -4.04. The van der Waals surface area contributed by atoms with Crippen LogP contribution in [0.4, 0.5) is 0 Å². The van der Waals surface area contributed by atoms with E-state index in [4.69, 9.17) is 45.8 Å². The topological polar surface area (TPSA) is 182 Å². The average molecular weight is 823 g/mol. The summed E-state index contributed by atoms with van der Waals surface area (Å²) in [5, 5.41) is 3.52. The van der Waals surface area contributed by atoms with E-state index in [0.717, 1.165) is 37.7 Å². The van der Waals surface area contributed by atoms with E-state index in [2.05, 4.69) is 19.2 Å². The van der Waals surface area contributed by atoms with Crippen LogP contribution in [-0.4, -0.2) is 87.6 Å². The first kappa shape index (κ1) is 42.1. The number of ether oxygens (including phenoxy) is 6. The van der Waals surface area contributed by atoms with Crippen LogP contribution in [0.5, 0.6) is 0 Å². The summed E-state index contributed by atoms with van der Waals surface area (Å²) in [5.74, 6) is -2.06. The van der Waals surface area contributed by atoms with Crippen LogP contribution in [0, 0.1) is 28.6 Å². The van der Waals surface area contributed by atoms with E-state index < -0.39 is 29.1 Å². The lowest BCUT2D eigenvalue weighted by atomic mass is 9.43. The third-order valence-electron chi connectivity index (χ3n) is 14.5. The SMILES string of the molecule is CCOC(=O)C1=C(COCCN)NC(C)=C(C(=O)OC)C1c1ccccc1Cl.COC(=O)[C@@H]1CC2=CC(=O)CC[C@]2(C)[C@@]23O[C@@H]2C[C@@]2(C)[C@@H](CC[C@@]24CCC(=O)O4)[C@H]13. The molecule has 58 heavy (non-hydrogen) atoms. The van der Waals surface area contributed by atoms with Crippen molar-refractivity contribution in [3.63, 3.8) is 0 Å². The lowest BCUT2D eigenvalue weighted by Gasteiger charge is -2.58. The first-order chi connectivity index (χ1) is 27.7. The third-order valence-corrected chi connectivity index (χ3v) is 14.8. The van der Waals surface area contributed by atoms with Gasteiger partial charge in [0.25, 0.3) is 0 Å². The first-order valence-electron chi connectivity index (χ1n) is 20.4. The molecule has 9 atom stereocenters. The molecule has 3 N–H and O–H groups in total. The molecule has 1 aromatic rings. The molecule has 4 aliphatic carbocycles. The minimum atomic E-state index is -0.752. The molecular weight excluding hydrogens is 768 g/mol. The number of carbonyl (C=O) groups is 5. The number of benzene rings is 1. The van der Waals surface area contributed by atoms with Gasteiger partial charge < -0.3 is 39.5 Å². The Kier molecular flexibility index (Phi) is 11.5. The van der Waals surface area contributed by atoms with Gasteiger partial charge in [0.15, 0.2) is 5.78 Å². The lowest BCUT2D eigenvalue weighted by molar-refractivity contribution is -0.172. The number of nitrogens with one attached hydrogen (secondary N) is 1. The fourth-order valence-corrected chi connectivity index (χ4v) is 12.0. The van der Waals surface area contributed by atoms with Crippen molar-refractivity contribution in [2.45, 2.75) is 102 Å². The number of nitrogens with two attached hydrogens (primary N) is 1. The number of hydrogen-bond donors (Lipinski definition) is 2. The summed E-state index contributed by atoms with van der Waals surface area (Å²) in [6.07, 6.45) is 7.61. The van der Waals surface area contributed by atoms with Crippen molar-refractivity contribution in [3.05, 3.63) is 69.0 Å². The molecule has 0 bridgehead atoms. The molecule has 314 valence electrons. The van der Waals surface area contributed by atoms with E-state index in [1.165, 1.54) is 14.2 Å². The van der Waals surface area contributed by atoms with Crippen molar-refractivity contribution >= 4 is 41.3 Å². The number of epoxide rings is 1. The van der Waals surface area contributed by atoms with Crippen molar-refractivity contribution < 1.29 is 52.4 Å². The summed E-state index contributed by atoms with van der Waals surface area (Å²) in [4.78, 5) is 62.8. The number of hydrogen-bond acceptors (Lipinski definition) is 13. The molecule has 3 saturated carbocycles. The Morgan fingerprint density at radius 2 is 1.78 bits per heavy atom. The highest BCUT2D eigenvalue weighted by molar-refractivity contribution is 6.31. The van der Waals surface area contributed by atoms with Crippen LogP contribution in [0.1, 0.15) is 90.5 Å². The van der Waals surface area contributed by atoms with Gasteiger partial charge in [-0.1, -0.05) is 49.2 Å². The Labute approximate surface area is 344 Å². The molecule has 7 aliphatic rings. The second-order valence-corrected chi connectivity index (χ2v) is 17.4. The molecular formula is C44H55ClN2O11. The quantitative estimate of drug-likeness (QED) is 0.140. The van der Waals surface area contributed by atoms with Crippen LogP contribution in [0.2, 0.25) is 5.02 Å². The van der Waals surface area contributed by atoms with Crippen LogP contribution in [0.25, 0.3) is 0 Å². The van der Waals surface area contributed by atoms with Crippen molar-refractivity contribution in [1.82, 2.24) is 5.32 Å². The Morgan fingerprint density at radius 3 is 2.43 bits per heavy atom. The Balaban J connectivity index is 0.000000177. The number of fused-ring (bicyclic) bond motifs is 4. The molecule has 2 saturated heterocycles. The van der Waals surface area contributed by atoms with Crippen molar-refractivity contribution in [2.75, 3.05) is 40.6 Å². The number of rotatable bonds is 9. The fourth-order valence-electron chi connectivity index (χ4n) is 11.8. The maximum Gasteiger partial charge on any atom is 0.336 e. The number of allylic oxidation sites excluding steroid dienone is 1. The highest BCUT2D eigenvalue weighted by Crippen LogP contribution is 2.78. The van der Waals surface area contributed by atoms with E-state index in [1.54, 1.807) is 44.2 Å². The second-order valence-electron chi connectivity index (χ2n) is 17.0. The standard InChI is InChI=1S/C24H30O6.C20H25ClN2O5/c1-21-7-4-14(25)10-13(21)11-15(20(27)28-3)19-16-5-8-23(9-6-18(26)30-23)22(16,2)12-17-24(19,21)29-17;1-4-28-20(25)18-15(11-27-10-9-22)23-12(2)16(19(24)26-3)17(18)13-7-5-6-8-14(13)21/h10,15-17,19H,4-9,11-12H2,1-3H3;5-8,17,23H,4,9-11,22H2,1-3H3/t15-,16+,17-,19+,21+,22+,23-,24-;/m1./s1. The summed E-state index contributed by atoms with van der Waals surface area (Å²) < 4.78 is 33.7. The van der Waals surface area contributed by atoms with Crippen LogP contribution in [-0.2, 0) is 52.4 Å². The van der Waals surface area contributed by atoms with Gasteiger partial charge >= 0.3 is 23.9 Å². The molecule has 14 heteroatoms. The van der Waals surface area contributed by atoms with E-state index in [1.807, 2.05) is 0 Å². The predicted molar refractivity (Wildman–Crippen MR) is 211 cm³/mol. The third kappa shape index (κ3) is 6.51. The summed E-state index contributed by atoms with van der Waals surface area (Å²) >= 11 is 6.42. The highest BCUT2D eigenvalue weighted by atomic mass is 35.5. The smallest absolute Gasteiger partial charge is 0.336 e. The highest BCUT2D eigenvalue weighted by Gasteiger charge is 2.83. The minimum Gasteiger partial charge on any atom is -0.469 e. The monoisotopic (exact) mass is 822 g/mol. The van der Waals surface area contributed by atoms with Gasteiger partial charge in [-0.3, -0.25) is 14.4 Å². The van der Waals surface area contributed by atoms with Gasteiger partial charge in [0.2, 0.25) is 0 Å². The molecule has 8 rings (SSSR count). The molecule has 3 aliphatic heterocycles. The van der Waals surface area contributed by atoms with Gasteiger partial charge in [0, 0.05) is 46.9 Å². The van der Waals surface area contributed by atoms with E-state index in [0.29, 0.717) is 60.0 Å². The lowest BCUT2D eigenvalue weighted by Crippen LogP contribution is -2.63. The number of ketones is 1. The zero-order valence-electron chi connectivity index (χ0n) is 34.2. The molecule has 5 fully saturated rings. The molecule has 1 aromatic carbocycles. The fraction of sp³-hybridized carbons (Fsp3) is 0.614. The van der Waals surface area contributed by atoms with Crippen LogP contribution in [0.3, 0.4) is 0 Å². The molecule has 1 unspecified atom stereocenters.